The number of hydrogen-bond acceptors (Lipinski definition) is 5. The number of nitrogens with one attached hydrogen (secondary N) is 2. The van der Waals surface area contributed by atoms with Gasteiger partial charge < -0.3 is 5.32 Å². The van der Waals surface area contributed by atoms with E-state index in [2.05, 4.69) is 15.3 Å². The Hall–Kier alpha value is -2.35. The lowest BCUT2D eigenvalue weighted by molar-refractivity contribution is -0.141. The van der Waals surface area contributed by atoms with Crippen molar-refractivity contribution in [3.05, 3.63) is 41.6 Å². The Morgan fingerprint density at radius 2 is 1.75 bits per heavy atom. The average Bonchev–Trinajstić information content (AvgIpc) is 2.40. The molecule has 0 bridgehead atoms. The fourth-order valence-corrected chi connectivity index (χ4v) is 1.51. The highest BCUT2D eigenvalue weighted by atomic mass is 19.4. The zero-order valence-electron chi connectivity index (χ0n) is 10.5. The van der Waals surface area contributed by atoms with E-state index in [4.69, 9.17) is 5.84 Å². The molecule has 20 heavy (non-hydrogen) atoms. The van der Waals surface area contributed by atoms with Crippen LogP contribution < -0.4 is 16.6 Å². The van der Waals surface area contributed by atoms with Crippen molar-refractivity contribution in [2.24, 2.45) is 5.84 Å². The van der Waals surface area contributed by atoms with Crippen LogP contribution in [-0.2, 0) is 6.18 Å². The van der Waals surface area contributed by atoms with Crippen molar-refractivity contribution in [1.82, 2.24) is 9.97 Å². The van der Waals surface area contributed by atoms with Gasteiger partial charge in [-0.05, 0) is 19.1 Å². The van der Waals surface area contributed by atoms with Gasteiger partial charge in [0.25, 0.3) is 0 Å². The highest BCUT2D eigenvalue weighted by Crippen LogP contribution is 2.30. The molecular weight excluding hydrogens is 271 g/mol. The topological polar surface area (TPSA) is 75.9 Å². The second-order valence-electron chi connectivity index (χ2n) is 4.10. The number of alkyl halides is 3. The van der Waals surface area contributed by atoms with Crippen LogP contribution >= 0.6 is 0 Å². The molecule has 0 aliphatic rings. The Labute approximate surface area is 113 Å². The summed E-state index contributed by atoms with van der Waals surface area (Å²) in [4.78, 5) is 7.09. The number of aromatic nitrogens is 2. The molecule has 0 aliphatic carbocycles. The number of nitrogens with two attached hydrogens (primary N) is 1. The molecule has 0 fully saturated rings. The second kappa shape index (κ2) is 5.33. The van der Waals surface area contributed by atoms with Crippen LogP contribution in [0, 0.1) is 6.92 Å². The van der Waals surface area contributed by atoms with Crippen LogP contribution in [-0.4, -0.2) is 9.97 Å². The molecule has 2 rings (SSSR count). The van der Waals surface area contributed by atoms with Gasteiger partial charge in [-0.2, -0.15) is 18.2 Å². The molecule has 0 aliphatic heterocycles. The lowest BCUT2D eigenvalue weighted by atomic mass is 10.2. The van der Waals surface area contributed by atoms with E-state index in [-0.39, 0.29) is 11.8 Å². The maximum atomic E-state index is 12.7. The first-order valence-corrected chi connectivity index (χ1v) is 5.65. The summed E-state index contributed by atoms with van der Waals surface area (Å²) >= 11 is 0. The Balaban J connectivity index is 2.33. The van der Waals surface area contributed by atoms with Crippen LogP contribution in [0.4, 0.5) is 30.6 Å². The summed E-state index contributed by atoms with van der Waals surface area (Å²) in [5.41, 5.74) is 2.59. The average molecular weight is 283 g/mol. The molecule has 1 heterocycles. The third-order valence-electron chi connectivity index (χ3n) is 2.47. The van der Waals surface area contributed by atoms with Crippen molar-refractivity contribution in [2.75, 3.05) is 10.7 Å². The van der Waals surface area contributed by atoms with Crippen LogP contribution in [0.5, 0.6) is 0 Å². The van der Waals surface area contributed by atoms with E-state index in [1.165, 1.54) is 0 Å². The van der Waals surface area contributed by atoms with Crippen LogP contribution in [0.15, 0.2) is 30.3 Å². The molecule has 8 heteroatoms. The highest BCUT2D eigenvalue weighted by molar-refractivity contribution is 5.58. The predicted octanol–water partition coefficient (Wildman–Crippen LogP) is 2.83. The molecule has 2 aromatic rings. The second-order valence-corrected chi connectivity index (χ2v) is 4.10. The summed E-state index contributed by atoms with van der Waals surface area (Å²) in [6, 6.07) is 7.95. The number of anilines is 3. The van der Waals surface area contributed by atoms with Gasteiger partial charge in [0, 0.05) is 11.8 Å². The summed E-state index contributed by atoms with van der Waals surface area (Å²) in [6.45, 7) is 1.91. The molecule has 106 valence electrons. The predicted molar refractivity (Wildman–Crippen MR) is 69.3 cm³/mol. The smallest absolute Gasteiger partial charge is 0.340 e. The lowest BCUT2D eigenvalue weighted by Gasteiger charge is -2.11. The molecule has 0 amide bonds. The number of benzene rings is 1. The minimum Gasteiger partial charge on any atom is -0.340 e. The van der Waals surface area contributed by atoms with Gasteiger partial charge >= 0.3 is 6.18 Å². The summed E-state index contributed by atoms with van der Waals surface area (Å²) in [5.74, 6) is 4.77. The van der Waals surface area contributed by atoms with E-state index in [9.17, 15) is 13.2 Å². The molecule has 0 saturated carbocycles. The normalized spacial score (nSPS) is 11.2. The minimum absolute atomic E-state index is 0.00382. The first-order valence-electron chi connectivity index (χ1n) is 5.65. The molecule has 1 aromatic carbocycles. The van der Waals surface area contributed by atoms with Crippen molar-refractivity contribution < 1.29 is 13.2 Å². The van der Waals surface area contributed by atoms with E-state index < -0.39 is 11.9 Å². The molecule has 5 nitrogen and oxygen atoms in total. The van der Waals surface area contributed by atoms with E-state index in [0.717, 1.165) is 11.6 Å². The standard InChI is InChI=1S/C12H12F3N5/c1-7-2-4-8(5-3-7)17-10-6-9(12(13,14)15)18-11(19-10)20-16/h2-6H,16H2,1H3,(H2,17,18,19,20). The maximum Gasteiger partial charge on any atom is 0.433 e. The number of halogens is 3. The van der Waals surface area contributed by atoms with Crippen molar-refractivity contribution >= 4 is 17.5 Å². The quantitative estimate of drug-likeness (QED) is 0.596. The van der Waals surface area contributed by atoms with Gasteiger partial charge in [-0.1, -0.05) is 17.7 Å². The molecular formula is C12H12F3N5. The first kappa shape index (κ1) is 14.1. The van der Waals surface area contributed by atoms with E-state index in [0.29, 0.717) is 5.69 Å². The fraction of sp³-hybridized carbons (Fsp3) is 0.167. The molecule has 0 unspecified atom stereocenters. The first-order chi connectivity index (χ1) is 9.38. The summed E-state index contributed by atoms with van der Waals surface area (Å²) < 4.78 is 38.1. The minimum atomic E-state index is -4.57. The molecule has 0 atom stereocenters. The maximum absolute atomic E-state index is 12.7. The number of hydrogen-bond donors (Lipinski definition) is 3. The molecule has 1 aromatic heterocycles. The van der Waals surface area contributed by atoms with Gasteiger partial charge in [0.05, 0.1) is 0 Å². The third-order valence-corrected chi connectivity index (χ3v) is 2.47. The molecule has 0 radical (unpaired) electrons. The number of nitrogens with zero attached hydrogens (tertiary/aromatic N) is 2. The molecule has 0 saturated heterocycles. The van der Waals surface area contributed by atoms with Crippen LogP contribution in [0.25, 0.3) is 0 Å². The van der Waals surface area contributed by atoms with Crippen LogP contribution in [0.3, 0.4) is 0 Å². The zero-order valence-corrected chi connectivity index (χ0v) is 10.5. The van der Waals surface area contributed by atoms with Crippen molar-refractivity contribution in [3.63, 3.8) is 0 Å². The van der Waals surface area contributed by atoms with E-state index in [1.54, 1.807) is 12.1 Å². The largest absolute Gasteiger partial charge is 0.433 e. The van der Waals surface area contributed by atoms with Crippen LogP contribution in [0.1, 0.15) is 11.3 Å². The van der Waals surface area contributed by atoms with Gasteiger partial charge in [-0.3, -0.25) is 5.43 Å². The number of aryl methyl sites for hydroxylation is 1. The van der Waals surface area contributed by atoms with Gasteiger partial charge in [0.2, 0.25) is 5.95 Å². The fourth-order valence-electron chi connectivity index (χ4n) is 1.51. The van der Waals surface area contributed by atoms with Crippen LogP contribution in [0.2, 0.25) is 0 Å². The van der Waals surface area contributed by atoms with Gasteiger partial charge in [0.1, 0.15) is 5.82 Å². The Morgan fingerprint density at radius 3 is 2.30 bits per heavy atom. The highest BCUT2D eigenvalue weighted by Gasteiger charge is 2.33. The Morgan fingerprint density at radius 1 is 1.10 bits per heavy atom. The van der Waals surface area contributed by atoms with Crippen molar-refractivity contribution in [1.29, 1.82) is 0 Å². The number of nitrogen functional groups attached to an aromatic ring is 1. The Kier molecular flexibility index (Phi) is 3.75. The van der Waals surface area contributed by atoms with Gasteiger partial charge in [0.15, 0.2) is 5.69 Å². The van der Waals surface area contributed by atoms with E-state index >= 15 is 0 Å². The summed E-state index contributed by atoms with van der Waals surface area (Å²) in [7, 11) is 0. The zero-order chi connectivity index (χ0) is 14.8. The lowest BCUT2D eigenvalue weighted by Crippen LogP contribution is -2.16. The number of hydrazine groups is 1. The third kappa shape index (κ3) is 3.35. The van der Waals surface area contributed by atoms with Crippen molar-refractivity contribution in [3.8, 4) is 0 Å². The monoisotopic (exact) mass is 283 g/mol. The molecule has 0 spiro atoms. The summed E-state index contributed by atoms with van der Waals surface area (Å²) in [5, 5.41) is 2.77. The summed E-state index contributed by atoms with van der Waals surface area (Å²) in [6.07, 6.45) is -4.57. The Bertz CT molecular complexity index is 595. The SMILES string of the molecule is Cc1ccc(Nc2cc(C(F)(F)F)nc(NN)n2)cc1. The number of rotatable bonds is 3. The molecule has 4 N–H and O–H groups in total. The van der Waals surface area contributed by atoms with E-state index in [1.807, 2.05) is 24.5 Å². The van der Waals surface area contributed by atoms with Gasteiger partial charge in [-0.25, -0.2) is 10.8 Å². The van der Waals surface area contributed by atoms with Gasteiger partial charge in [-0.15, -0.1) is 0 Å². The van der Waals surface area contributed by atoms with Crippen molar-refractivity contribution in [2.45, 2.75) is 13.1 Å².